The molecule has 2 heteroatoms. The lowest BCUT2D eigenvalue weighted by atomic mass is 9.85. The Labute approximate surface area is 137 Å². The summed E-state index contributed by atoms with van der Waals surface area (Å²) in [6, 6.07) is 0. The van der Waals surface area contributed by atoms with Gasteiger partial charge in [-0.05, 0) is 37.5 Å². The first-order valence-electron chi connectivity index (χ1n) is 9.69. The van der Waals surface area contributed by atoms with Crippen LogP contribution in [0, 0.1) is 11.8 Å². The van der Waals surface area contributed by atoms with Gasteiger partial charge in [0.2, 0.25) is 0 Å². The van der Waals surface area contributed by atoms with E-state index in [-0.39, 0.29) is 0 Å². The maximum atomic E-state index is 10.9. The van der Waals surface area contributed by atoms with Gasteiger partial charge in [0.25, 0.3) is 0 Å². The van der Waals surface area contributed by atoms with Crippen molar-refractivity contribution in [3.8, 4) is 0 Å². The summed E-state index contributed by atoms with van der Waals surface area (Å²) in [5, 5.41) is 0. The molecule has 0 bridgehead atoms. The van der Waals surface area contributed by atoms with Crippen LogP contribution in [0.15, 0.2) is 0 Å². The molecule has 0 heterocycles. The number of Topliss-reactive ketones (excluding diaryl/α,β-unsaturated/α-hetero) is 2. The van der Waals surface area contributed by atoms with E-state index in [1.807, 2.05) is 0 Å². The zero-order valence-electron chi connectivity index (χ0n) is 14.9. The lowest BCUT2D eigenvalue weighted by Gasteiger charge is -2.20. The molecule has 0 unspecified atom stereocenters. The molecule has 0 N–H and O–H groups in total. The Morgan fingerprint density at radius 3 is 1.27 bits per heavy atom. The Kier molecular flexibility index (Phi) is 10.4. The van der Waals surface area contributed by atoms with Gasteiger partial charge >= 0.3 is 0 Å². The number of carbonyl (C=O) groups excluding carboxylic acids is 2. The summed E-state index contributed by atoms with van der Waals surface area (Å²) in [6.45, 7) is 4.46. The molecule has 0 amide bonds. The predicted octanol–water partition coefficient (Wildman–Crippen LogP) is 5.87. The van der Waals surface area contributed by atoms with Gasteiger partial charge in [0.1, 0.15) is 11.6 Å². The molecule has 0 aliphatic heterocycles. The molecule has 2 saturated carbocycles. The SMILES string of the molecule is CCCCC1CCC(=O)CC1.CCCCC1CCC(=O)CC1. The molecule has 0 aromatic heterocycles. The quantitative estimate of drug-likeness (QED) is 0.614. The lowest BCUT2D eigenvalue weighted by Crippen LogP contribution is -2.13. The third kappa shape index (κ3) is 8.70. The van der Waals surface area contributed by atoms with Gasteiger partial charge in [-0.3, -0.25) is 9.59 Å². The van der Waals surface area contributed by atoms with Crippen LogP contribution in [0.3, 0.4) is 0 Å². The Morgan fingerprint density at radius 2 is 1.00 bits per heavy atom. The van der Waals surface area contributed by atoms with Crippen LogP contribution in [-0.4, -0.2) is 11.6 Å². The van der Waals surface area contributed by atoms with Crippen molar-refractivity contribution in [2.24, 2.45) is 11.8 Å². The highest BCUT2D eigenvalue weighted by molar-refractivity contribution is 5.79. The van der Waals surface area contributed by atoms with E-state index in [0.717, 1.165) is 37.5 Å². The van der Waals surface area contributed by atoms with Crippen LogP contribution in [0.5, 0.6) is 0 Å². The van der Waals surface area contributed by atoms with Crippen molar-refractivity contribution in [3.05, 3.63) is 0 Å². The van der Waals surface area contributed by atoms with E-state index in [2.05, 4.69) is 13.8 Å². The molecule has 2 fully saturated rings. The summed E-state index contributed by atoms with van der Waals surface area (Å²) >= 11 is 0. The fraction of sp³-hybridized carbons (Fsp3) is 0.900. The molecule has 0 spiro atoms. The van der Waals surface area contributed by atoms with Gasteiger partial charge in [0.05, 0.1) is 0 Å². The van der Waals surface area contributed by atoms with Gasteiger partial charge in [-0.25, -0.2) is 0 Å². The highest BCUT2D eigenvalue weighted by Gasteiger charge is 2.18. The standard InChI is InChI=1S/2C10H18O/c2*1-2-3-4-9-5-7-10(11)8-6-9/h2*9H,2-8H2,1H3. The van der Waals surface area contributed by atoms with Gasteiger partial charge in [-0.1, -0.05) is 52.4 Å². The predicted molar refractivity (Wildman–Crippen MR) is 93.0 cm³/mol. The van der Waals surface area contributed by atoms with Crippen molar-refractivity contribution in [2.75, 3.05) is 0 Å². The summed E-state index contributed by atoms with van der Waals surface area (Å²) < 4.78 is 0. The van der Waals surface area contributed by atoms with Gasteiger partial charge in [0, 0.05) is 25.7 Å². The molecule has 22 heavy (non-hydrogen) atoms. The minimum Gasteiger partial charge on any atom is -0.300 e. The van der Waals surface area contributed by atoms with Crippen LogP contribution in [0.2, 0.25) is 0 Å². The zero-order chi connectivity index (χ0) is 16.2. The summed E-state index contributed by atoms with van der Waals surface area (Å²) in [7, 11) is 0. The molecule has 0 atom stereocenters. The third-order valence-electron chi connectivity index (χ3n) is 5.26. The number of ketones is 2. The summed E-state index contributed by atoms with van der Waals surface area (Å²) in [6.07, 6.45) is 16.1. The van der Waals surface area contributed by atoms with E-state index in [1.54, 1.807) is 0 Å². The first kappa shape index (κ1) is 19.4. The van der Waals surface area contributed by atoms with Crippen molar-refractivity contribution in [1.82, 2.24) is 0 Å². The summed E-state index contributed by atoms with van der Waals surface area (Å²) in [5.41, 5.74) is 0. The number of carbonyl (C=O) groups is 2. The Morgan fingerprint density at radius 1 is 0.682 bits per heavy atom. The van der Waals surface area contributed by atoms with Crippen LogP contribution >= 0.6 is 0 Å². The maximum absolute atomic E-state index is 10.9. The van der Waals surface area contributed by atoms with Crippen LogP contribution in [0.1, 0.15) is 104 Å². The lowest BCUT2D eigenvalue weighted by molar-refractivity contribution is -0.121. The number of hydrogen-bond donors (Lipinski definition) is 0. The van der Waals surface area contributed by atoms with Crippen LogP contribution in [0.4, 0.5) is 0 Å². The van der Waals surface area contributed by atoms with Crippen molar-refractivity contribution in [3.63, 3.8) is 0 Å². The van der Waals surface area contributed by atoms with Crippen molar-refractivity contribution < 1.29 is 9.59 Å². The molecule has 0 radical (unpaired) electrons. The van der Waals surface area contributed by atoms with E-state index in [0.29, 0.717) is 11.6 Å². The van der Waals surface area contributed by atoms with Crippen LogP contribution in [0.25, 0.3) is 0 Å². The highest BCUT2D eigenvalue weighted by atomic mass is 16.1. The minimum atomic E-state index is 0.484. The fourth-order valence-corrected chi connectivity index (χ4v) is 3.56. The molecule has 0 saturated heterocycles. The average Bonchev–Trinajstić information content (AvgIpc) is 2.54. The van der Waals surface area contributed by atoms with Crippen LogP contribution in [-0.2, 0) is 9.59 Å². The molecule has 2 aliphatic rings. The molecular weight excluding hydrogens is 272 g/mol. The number of rotatable bonds is 6. The van der Waals surface area contributed by atoms with E-state index in [9.17, 15) is 9.59 Å². The Hall–Kier alpha value is -0.660. The highest BCUT2D eigenvalue weighted by Crippen LogP contribution is 2.26. The Balaban J connectivity index is 0.000000220. The van der Waals surface area contributed by atoms with E-state index >= 15 is 0 Å². The average molecular weight is 309 g/mol. The van der Waals surface area contributed by atoms with Crippen molar-refractivity contribution in [2.45, 2.75) is 104 Å². The first-order chi connectivity index (χ1) is 10.7. The molecule has 0 aromatic carbocycles. The second-order valence-electron chi connectivity index (χ2n) is 7.25. The molecule has 2 rings (SSSR count). The topological polar surface area (TPSA) is 34.1 Å². The van der Waals surface area contributed by atoms with Crippen LogP contribution < -0.4 is 0 Å². The first-order valence-corrected chi connectivity index (χ1v) is 9.69. The summed E-state index contributed by atoms with van der Waals surface area (Å²) in [4.78, 5) is 21.8. The van der Waals surface area contributed by atoms with E-state index < -0.39 is 0 Å². The zero-order valence-corrected chi connectivity index (χ0v) is 14.9. The van der Waals surface area contributed by atoms with E-state index in [1.165, 1.54) is 64.2 Å². The monoisotopic (exact) mass is 308 g/mol. The molecule has 2 aliphatic carbocycles. The van der Waals surface area contributed by atoms with Gasteiger partial charge in [-0.2, -0.15) is 0 Å². The van der Waals surface area contributed by atoms with Crippen molar-refractivity contribution >= 4 is 11.6 Å². The largest absolute Gasteiger partial charge is 0.300 e. The van der Waals surface area contributed by atoms with Gasteiger partial charge in [0.15, 0.2) is 0 Å². The molecule has 2 nitrogen and oxygen atoms in total. The third-order valence-corrected chi connectivity index (χ3v) is 5.26. The normalized spacial score (nSPS) is 20.6. The van der Waals surface area contributed by atoms with Gasteiger partial charge in [-0.15, -0.1) is 0 Å². The Bertz CT molecular complexity index is 270. The number of hydrogen-bond acceptors (Lipinski definition) is 2. The second-order valence-corrected chi connectivity index (χ2v) is 7.25. The molecule has 128 valence electrons. The molecule has 0 aromatic rings. The number of unbranched alkanes of at least 4 members (excludes halogenated alkanes) is 2. The molecular formula is C20H36O2. The smallest absolute Gasteiger partial charge is 0.132 e. The van der Waals surface area contributed by atoms with E-state index in [4.69, 9.17) is 0 Å². The minimum absolute atomic E-state index is 0.484. The fourth-order valence-electron chi connectivity index (χ4n) is 3.56. The maximum Gasteiger partial charge on any atom is 0.132 e. The summed E-state index contributed by atoms with van der Waals surface area (Å²) in [5.74, 6) is 2.70. The van der Waals surface area contributed by atoms with Crippen molar-refractivity contribution in [1.29, 1.82) is 0 Å². The second kappa shape index (κ2) is 11.8. The van der Waals surface area contributed by atoms with Gasteiger partial charge < -0.3 is 0 Å².